The minimum atomic E-state index is -1.20. The van der Waals surface area contributed by atoms with E-state index in [-0.39, 0.29) is 12.4 Å². The summed E-state index contributed by atoms with van der Waals surface area (Å²) in [4.78, 5) is 12.0. The summed E-state index contributed by atoms with van der Waals surface area (Å²) in [7, 11) is 1.64. The Morgan fingerprint density at radius 2 is 2.25 bits per heavy atom. The summed E-state index contributed by atoms with van der Waals surface area (Å²) in [6.45, 7) is 0.678. The topological polar surface area (TPSA) is 40.5 Å². The molecule has 0 aliphatic carbocycles. The van der Waals surface area contributed by atoms with Gasteiger partial charge in [0.2, 0.25) is 0 Å². The molecule has 1 N–H and O–H groups in total. The van der Waals surface area contributed by atoms with Crippen LogP contribution in [0.3, 0.4) is 0 Å². The number of carbonyl (C=O) groups is 1. The van der Waals surface area contributed by atoms with E-state index in [1.807, 2.05) is 0 Å². The average molecular weight is 198 g/mol. The maximum atomic E-state index is 12.9. The van der Waals surface area contributed by atoms with Crippen molar-refractivity contribution in [2.24, 2.45) is 0 Å². The van der Waals surface area contributed by atoms with Gasteiger partial charge in [-0.2, -0.15) is 0 Å². The zero-order chi connectivity index (χ0) is 8.43. The van der Waals surface area contributed by atoms with Crippen LogP contribution in [0.25, 0.3) is 0 Å². The van der Waals surface area contributed by atoms with Crippen LogP contribution >= 0.6 is 12.4 Å². The van der Waals surface area contributed by atoms with Crippen LogP contribution in [0.2, 0.25) is 0 Å². The van der Waals surface area contributed by atoms with E-state index in [0.717, 1.165) is 6.42 Å². The Labute approximate surface area is 77.0 Å². The summed E-state index contributed by atoms with van der Waals surface area (Å²) in [5, 5.41) is 8.60. The normalized spacial score (nSPS) is 30.8. The van der Waals surface area contributed by atoms with E-state index in [9.17, 15) is 9.18 Å². The molecular formula is C7H13ClFNO2. The number of aliphatic carboxylic acids is 1. The molecule has 1 aliphatic heterocycles. The van der Waals surface area contributed by atoms with Gasteiger partial charge < -0.3 is 5.11 Å². The molecule has 0 spiro atoms. The molecule has 1 rings (SSSR count). The highest BCUT2D eigenvalue weighted by atomic mass is 35.5. The van der Waals surface area contributed by atoms with E-state index in [1.54, 1.807) is 11.9 Å². The van der Waals surface area contributed by atoms with Gasteiger partial charge in [-0.3, -0.25) is 9.69 Å². The average Bonchev–Trinajstić information content (AvgIpc) is 1.85. The van der Waals surface area contributed by atoms with Crippen LogP contribution < -0.4 is 0 Å². The first-order valence-corrected chi connectivity index (χ1v) is 3.70. The minimum absolute atomic E-state index is 0. The standard InChI is InChI=1S/C7H12FNO2.ClH/c1-9-4-2-3-5(8)6(9)7(10)11;/h5-6H,2-4H2,1H3,(H,10,11);1H. The lowest BCUT2D eigenvalue weighted by Crippen LogP contribution is -2.49. The second-order valence-electron chi connectivity index (χ2n) is 2.92. The number of halogens is 2. The highest BCUT2D eigenvalue weighted by molar-refractivity contribution is 5.85. The third-order valence-corrected chi connectivity index (χ3v) is 2.06. The van der Waals surface area contributed by atoms with Gasteiger partial charge in [-0.15, -0.1) is 12.4 Å². The van der Waals surface area contributed by atoms with Crippen molar-refractivity contribution >= 4 is 18.4 Å². The van der Waals surface area contributed by atoms with Crippen molar-refractivity contribution in [3.8, 4) is 0 Å². The van der Waals surface area contributed by atoms with Gasteiger partial charge in [-0.05, 0) is 26.4 Å². The molecule has 0 bridgehead atoms. The quantitative estimate of drug-likeness (QED) is 0.680. The molecule has 0 saturated carbocycles. The van der Waals surface area contributed by atoms with E-state index in [1.165, 1.54) is 0 Å². The Kier molecular flexibility index (Phi) is 4.49. The SMILES string of the molecule is CN1CCCC(F)C1C(=O)O.Cl. The van der Waals surface area contributed by atoms with Crippen molar-refractivity contribution in [2.75, 3.05) is 13.6 Å². The highest BCUT2D eigenvalue weighted by Gasteiger charge is 2.34. The molecule has 1 saturated heterocycles. The lowest BCUT2D eigenvalue weighted by atomic mass is 10.0. The molecule has 12 heavy (non-hydrogen) atoms. The van der Waals surface area contributed by atoms with E-state index in [4.69, 9.17) is 5.11 Å². The van der Waals surface area contributed by atoms with Gasteiger partial charge in [0.1, 0.15) is 12.2 Å². The molecule has 3 nitrogen and oxygen atoms in total. The number of likely N-dealkylation sites (tertiary alicyclic amines) is 1. The van der Waals surface area contributed by atoms with E-state index in [2.05, 4.69) is 0 Å². The van der Waals surface area contributed by atoms with Crippen LogP contribution in [0.1, 0.15) is 12.8 Å². The van der Waals surface area contributed by atoms with Crippen LogP contribution in [0.4, 0.5) is 4.39 Å². The predicted molar refractivity (Wildman–Crippen MR) is 45.4 cm³/mol. The summed E-state index contributed by atoms with van der Waals surface area (Å²) in [5.74, 6) is -1.06. The number of alkyl halides is 1. The fourth-order valence-electron chi connectivity index (χ4n) is 1.45. The van der Waals surface area contributed by atoms with Gasteiger partial charge in [0.25, 0.3) is 0 Å². The first-order valence-electron chi connectivity index (χ1n) is 3.70. The zero-order valence-corrected chi connectivity index (χ0v) is 7.68. The van der Waals surface area contributed by atoms with Gasteiger partial charge in [-0.1, -0.05) is 0 Å². The van der Waals surface area contributed by atoms with Gasteiger partial charge in [0.15, 0.2) is 0 Å². The first-order chi connectivity index (χ1) is 5.13. The van der Waals surface area contributed by atoms with Crippen molar-refractivity contribution in [1.82, 2.24) is 4.90 Å². The lowest BCUT2D eigenvalue weighted by Gasteiger charge is -2.31. The molecule has 2 unspecified atom stereocenters. The Morgan fingerprint density at radius 1 is 1.67 bits per heavy atom. The summed E-state index contributed by atoms with van der Waals surface area (Å²) < 4.78 is 12.9. The number of piperidine rings is 1. The largest absolute Gasteiger partial charge is 0.480 e. The van der Waals surface area contributed by atoms with Gasteiger partial charge in [-0.25, -0.2) is 4.39 Å². The molecule has 72 valence electrons. The van der Waals surface area contributed by atoms with Crippen LogP contribution in [0.15, 0.2) is 0 Å². The fraction of sp³-hybridized carbons (Fsp3) is 0.857. The summed E-state index contributed by atoms with van der Waals surface area (Å²) in [5.41, 5.74) is 0. The second-order valence-corrected chi connectivity index (χ2v) is 2.92. The number of likely N-dealkylation sites (N-methyl/N-ethyl adjacent to an activating group) is 1. The molecule has 0 radical (unpaired) electrons. The minimum Gasteiger partial charge on any atom is -0.480 e. The van der Waals surface area contributed by atoms with Crippen molar-refractivity contribution in [2.45, 2.75) is 25.1 Å². The molecule has 0 amide bonds. The number of hydrogen-bond donors (Lipinski definition) is 1. The molecule has 0 aromatic carbocycles. The number of carboxylic acids is 1. The molecule has 0 aromatic heterocycles. The maximum absolute atomic E-state index is 12.9. The number of nitrogens with zero attached hydrogens (tertiary/aromatic N) is 1. The van der Waals surface area contributed by atoms with Crippen molar-refractivity contribution in [3.05, 3.63) is 0 Å². The van der Waals surface area contributed by atoms with Crippen molar-refractivity contribution in [3.63, 3.8) is 0 Å². The van der Waals surface area contributed by atoms with Gasteiger partial charge >= 0.3 is 5.97 Å². The molecule has 2 atom stereocenters. The number of carboxylic acid groups (broad SMARTS) is 1. The highest BCUT2D eigenvalue weighted by Crippen LogP contribution is 2.18. The molecular weight excluding hydrogens is 185 g/mol. The van der Waals surface area contributed by atoms with Crippen molar-refractivity contribution < 1.29 is 14.3 Å². The smallest absolute Gasteiger partial charge is 0.323 e. The van der Waals surface area contributed by atoms with Crippen LogP contribution in [0, 0.1) is 0 Å². The molecule has 1 aliphatic rings. The van der Waals surface area contributed by atoms with Crippen LogP contribution in [-0.4, -0.2) is 41.8 Å². The van der Waals surface area contributed by atoms with E-state index in [0.29, 0.717) is 13.0 Å². The molecule has 0 aromatic rings. The fourth-order valence-corrected chi connectivity index (χ4v) is 1.45. The molecule has 5 heteroatoms. The van der Waals surface area contributed by atoms with E-state index < -0.39 is 18.2 Å². The van der Waals surface area contributed by atoms with Crippen LogP contribution in [-0.2, 0) is 4.79 Å². The summed E-state index contributed by atoms with van der Waals surface area (Å²) in [6, 6.07) is -0.927. The Balaban J connectivity index is 0.00000121. The third kappa shape index (κ3) is 2.32. The maximum Gasteiger partial charge on any atom is 0.323 e. The Bertz CT molecular complexity index is 157. The molecule has 1 heterocycles. The summed E-state index contributed by atoms with van der Waals surface area (Å²) in [6.07, 6.45) is -0.0748. The van der Waals surface area contributed by atoms with Crippen molar-refractivity contribution in [1.29, 1.82) is 0 Å². The predicted octanol–water partition coefficient (Wildman–Crippen LogP) is 0.925. The lowest BCUT2D eigenvalue weighted by molar-refractivity contribution is -0.146. The number of hydrogen-bond acceptors (Lipinski definition) is 2. The second kappa shape index (κ2) is 4.62. The summed E-state index contributed by atoms with van der Waals surface area (Å²) >= 11 is 0. The van der Waals surface area contributed by atoms with Crippen LogP contribution in [0.5, 0.6) is 0 Å². The molecule has 1 fully saturated rings. The van der Waals surface area contributed by atoms with E-state index >= 15 is 0 Å². The Morgan fingerprint density at radius 3 is 2.58 bits per heavy atom. The Hall–Kier alpha value is -0.350. The number of rotatable bonds is 1. The van der Waals surface area contributed by atoms with Gasteiger partial charge in [0, 0.05) is 0 Å². The third-order valence-electron chi connectivity index (χ3n) is 2.06. The first kappa shape index (κ1) is 11.6. The zero-order valence-electron chi connectivity index (χ0n) is 6.86. The monoisotopic (exact) mass is 197 g/mol. The van der Waals surface area contributed by atoms with Gasteiger partial charge in [0.05, 0.1) is 0 Å².